The molecule has 0 heterocycles. The highest BCUT2D eigenvalue weighted by Gasteiger charge is 1.73. The Morgan fingerprint density at radius 3 is 1.90 bits per heavy atom. The Morgan fingerprint density at radius 1 is 1.30 bits per heavy atom. The largest absolute Gasteiger partial charge is 0.443 e. The maximum absolute atomic E-state index is 6.88. The first kappa shape index (κ1) is 8.86. The highest BCUT2D eigenvalue weighted by atomic mass is 32.1. The van der Waals surface area contributed by atoms with E-state index in [1.54, 1.807) is 0 Å². The van der Waals surface area contributed by atoms with E-state index in [4.69, 9.17) is 10.4 Å². The lowest BCUT2D eigenvalue weighted by molar-refractivity contribution is 0.503. The maximum atomic E-state index is 6.88. The Labute approximate surface area is 65.1 Å². The molecule has 3 heteroatoms. The van der Waals surface area contributed by atoms with Gasteiger partial charge in [0.05, 0.1) is 0 Å². The fourth-order valence-corrected chi connectivity index (χ4v) is 0.600. The average Bonchev–Trinajstić information content (AvgIpc) is 1.91. The average molecular weight is 153 g/mol. The van der Waals surface area contributed by atoms with Gasteiger partial charge in [0.1, 0.15) is 0 Å². The van der Waals surface area contributed by atoms with Crippen molar-refractivity contribution in [2.75, 3.05) is 0 Å². The second kappa shape index (κ2) is 5.99. The van der Waals surface area contributed by atoms with Crippen molar-refractivity contribution in [3.63, 3.8) is 0 Å². The van der Waals surface area contributed by atoms with Crippen LogP contribution in [-0.2, 0) is 0 Å². The molecule has 0 amide bonds. The van der Waals surface area contributed by atoms with Crippen molar-refractivity contribution < 1.29 is 5.11 Å². The van der Waals surface area contributed by atoms with E-state index in [-0.39, 0.29) is 0 Å². The molecule has 1 rings (SSSR count). The summed E-state index contributed by atoms with van der Waals surface area (Å²) in [5.41, 5.74) is 0. The fourth-order valence-electron chi connectivity index (χ4n) is 0.428. The van der Waals surface area contributed by atoms with Crippen molar-refractivity contribution in [3.05, 3.63) is 30.3 Å². The second-order valence-corrected chi connectivity index (χ2v) is 1.95. The number of rotatable bonds is 0. The highest BCUT2D eigenvalue weighted by molar-refractivity contribution is 7.80. The van der Waals surface area contributed by atoms with Crippen LogP contribution in [0.5, 0.6) is 0 Å². The third-order valence-electron chi connectivity index (χ3n) is 0.756. The van der Waals surface area contributed by atoms with Crippen LogP contribution in [-0.4, -0.2) is 5.11 Å². The normalized spacial score (nSPS) is 6.80. The number of thiol groups is 1. The van der Waals surface area contributed by atoms with Crippen LogP contribution in [0.2, 0.25) is 0 Å². The van der Waals surface area contributed by atoms with Crippen LogP contribution >= 0.6 is 12.6 Å². The van der Waals surface area contributed by atoms with Crippen LogP contribution in [0.4, 0.5) is 0 Å². The SMILES string of the molecule is N#CO.Sc1ccccc1. The molecule has 0 aromatic heterocycles. The lowest BCUT2D eigenvalue weighted by Gasteiger charge is -1.81. The topological polar surface area (TPSA) is 44.0 Å². The van der Waals surface area contributed by atoms with Crippen molar-refractivity contribution >= 4 is 12.6 Å². The molecule has 0 unspecified atom stereocenters. The van der Waals surface area contributed by atoms with Crippen LogP contribution in [0.25, 0.3) is 0 Å². The van der Waals surface area contributed by atoms with E-state index in [2.05, 4.69) is 12.6 Å². The van der Waals surface area contributed by atoms with Crippen molar-refractivity contribution in [3.8, 4) is 6.26 Å². The molecule has 10 heavy (non-hydrogen) atoms. The Hall–Kier alpha value is -1.14. The molecule has 0 saturated carbocycles. The molecule has 0 saturated heterocycles. The molecule has 1 aromatic carbocycles. The molecule has 1 aromatic rings. The highest BCUT2D eigenvalue weighted by Crippen LogP contribution is 2.00. The van der Waals surface area contributed by atoms with Gasteiger partial charge >= 0.3 is 0 Å². The minimum atomic E-state index is 0.750. The molecule has 2 nitrogen and oxygen atoms in total. The number of aliphatic hydroxyl groups excluding tert-OH is 1. The van der Waals surface area contributed by atoms with Gasteiger partial charge in [-0.2, -0.15) is 5.26 Å². The maximum Gasteiger partial charge on any atom is 0.283 e. The molecule has 0 aliphatic carbocycles. The molecular weight excluding hydrogens is 146 g/mol. The van der Waals surface area contributed by atoms with Gasteiger partial charge in [0.2, 0.25) is 0 Å². The monoisotopic (exact) mass is 153 g/mol. The zero-order valence-electron chi connectivity index (χ0n) is 5.23. The standard InChI is InChI=1S/C6H6S.CHNO/c7-6-4-2-1-3-5-6;2-1-3/h1-5,7H;3H. The quantitative estimate of drug-likeness (QED) is 0.441. The third-order valence-corrected chi connectivity index (χ3v) is 1.05. The van der Waals surface area contributed by atoms with Gasteiger partial charge in [-0.15, -0.1) is 12.6 Å². The summed E-state index contributed by atoms with van der Waals surface area (Å²) in [4.78, 5) is 1.02. The first-order valence-electron chi connectivity index (χ1n) is 2.58. The van der Waals surface area contributed by atoms with Gasteiger partial charge in [0.15, 0.2) is 0 Å². The first-order chi connectivity index (χ1) is 4.81. The zero-order valence-corrected chi connectivity index (χ0v) is 6.12. The third kappa shape index (κ3) is 5.01. The van der Waals surface area contributed by atoms with Gasteiger partial charge in [0, 0.05) is 4.90 Å². The molecular formula is C7H7NOS. The number of nitrogens with zero attached hydrogens (tertiary/aromatic N) is 1. The van der Waals surface area contributed by atoms with E-state index in [1.807, 2.05) is 30.3 Å². The fraction of sp³-hybridized carbons (Fsp3) is 0. The van der Waals surface area contributed by atoms with Crippen LogP contribution in [0.3, 0.4) is 0 Å². The Morgan fingerprint density at radius 2 is 1.70 bits per heavy atom. The van der Waals surface area contributed by atoms with Gasteiger partial charge < -0.3 is 5.11 Å². The molecule has 0 aliphatic heterocycles. The Kier molecular flexibility index (Phi) is 5.30. The second-order valence-electron chi connectivity index (χ2n) is 1.44. The minimum absolute atomic E-state index is 0.750. The van der Waals surface area contributed by atoms with Crippen LogP contribution in [0, 0.1) is 11.5 Å². The lowest BCUT2D eigenvalue weighted by atomic mass is 10.4. The molecule has 1 N–H and O–H groups in total. The summed E-state index contributed by atoms with van der Waals surface area (Å²) in [6.45, 7) is 0. The van der Waals surface area contributed by atoms with Gasteiger partial charge in [-0.25, -0.2) is 0 Å². The number of hydrogen-bond donors (Lipinski definition) is 2. The molecule has 0 atom stereocenters. The number of aliphatic hydroxyl groups is 1. The number of hydrogen-bond acceptors (Lipinski definition) is 3. The van der Waals surface area contributed by atoms with E-state index in [0.717, 1.165) is 11.2 Å². The summed E-state index contributed by atoms with van der Waals surface area (Å²) >= 11 is 4.08. The lowest BCUT2D eigenvalue weighted by Crippen LogP contribution is -1.56. The summed E-state index contributed by atoms with van der Waals surface area (Å²) in [5.74, 6) is 0. The smallest absolute Gasteiger partial charge is 0.283 e. The predicted molar refractivity (Wildman–Crippen MR) is 41.2 cm³/mol. The van der Waals surface area contributed by atoms with E-state index >= 15 is 0 Å². The summed E-state index contributed by atoms with van der Waals surface area (Å²) in [6.07, 6.45) is 0.750. The predicted octanol–water partition coefficient (Wildman–Crippen LogP) is 1.82. The molecule has 0 fully saturated rings. The Balaban J connectivity index is 0.000000236. The van der Waals surface area contributed by atoms with Crippen molar-refractivity contribution in [1.82, 2.24) is 0 Å². The molecule has 0 bridgehead atoms. The van der Waals surface area contributed by atoms with Gasteiger partial charge in [-0.05, 0) is 12.1 Å². The van der Waals surface area contributed by atoms with Crippen LogP contribution in [0.15, 0.2) is 35.2 Å². The van der Waals surface area contributed by atoms with Crippen LogP contribution < -0.4 is 0 Å². The molecule has 52 valence electrons. The van der Waals surface area contributed by atoms with E-state index in [1.165, 1.54) is 0 Å². The first-order valence-corrected chi connectivity index (χ1v) is 3.03. The number of nitriles is 1. The zero-order chi connectivity index (χ0) is 7.82. The van der Waals surface area contributed by atoms with Gasteiger partial charge in [0.25, 0.3) is 6.26 Å². The molecule has 0 radical (unpaired) electrons. The Bertz CT molecular complexity index is 205. The molecule has 0 aliphatic rings. The van der Waals surface area contributed by atoms with Crippen molar-refractivity contribution in [1.29, 1.82) is 5.26 Å². The summed E-state index contributed by atoms with van der Waals surface area (Å²) in [5, 5.41) is 13.8. The number of benzene rings is 1. The van der Waals surface area contributed by atoms with Crippen LogP contribution in [0.1, 0.15) is 0 Å². The van der Waals surface area contributed by atoms with Crippen molar-refractivity contribution in [2.45, 2.75) is 4.90 Å². The summed E-state index contributed by atoms with van der Waals surface area (Å²) in [7, 11) is 0. The molecule has 0 spiro atoms. The van der Waals surface area contributed by atoms with E-state index < -0.39 is 0 Å². The summed E-state index contributed by atoms with van der Waals surface area (Å²) in [6, 6.07) is 9.79. The van der Waals surface area contributed by atoms with E-state index in [0.29, 0.717) is 0 Å². The summed E-state index contributed by atoms with van der Waals surface area (Å²) < 4.78 is 0. The van der Waals surface area contributed by atoms with Gasteiger partial charge in [-0.3, -0.25) is 0 Å². The van der Waals surface area contributed by atoms with E-state index in [9.17, 15) is 0 Å². The van der Waals surface area contributed by atoms with Gasteiger partial charge in [-0.1, -0.05) is 18.2 Å². The van der Waals surface area contributed by atoms with Crippen molar-refractivity contribution in [2.24, 2.45) is 0 Å². The minimum Gasteiger partial charge on any atom is -0.443 e.